The predicted molar refractivity (Wildman–Crippen MR) is 120 cm³/mol. The molecule has 1 saturated heterocycles. The van der Waals surface area contributed by atoms with Crippen LogP contribution < -0.4 is 14.8 Å². The monoisotopic (exact) mass is 410 g/mol. The van der Waals surface area contributed by atoms with Gasteiger partial charge in [0, 0.05) is 18.7 Å². The lowest BCUT2D eigenvalue weighted by Crippen LogP contribution is -2.29. The number of nitrogens with zero attached hydrogens (tertiary/aromatic N) is 1. The molecule has 5 heteroatoms. The molecule has 0 bridgehead atoms. The number of unbranched alkanes of at least 4 members (excludes halogenated alkanes) is 1. The van der Waals surface area contributed by atoms with Gasteiger partial charge in [-0.3, -0.25) is 9.69 Å². The van der Waals surface area contributed by atoms with Gasteiger partial charge in [0.05, 0.1) is 13.7 Å². The van der Waals surface area contributed by atoms with Gasteiger partial charge >= 0.3 is 0 Å². The van der Waals surface area contributed by atoms with Crippen LogP contribution in [0.25, 0.3) is 0 Å². The molecule has 5 nitrogen and oxygen atoms in total. The van der Waals surface area contributed by atoms with Crippen molar-refractivity contribution in [1.29, 1.82) is 0 Å². The fourth-order valence-electron chi connectivity index (χ4n) is 3.68. The highest BCUT2D eigenvalue weighted by Gasteiger charge is 2.12. The Bertz CT molecular complexity index is 799. The van der Waals surface area contributed by atoms with Gasteiger partial charge in [-0.15, -0.1) is 0 Å². The average molecular weight is 411 g/mol. The second kappa shape index (κ2) is 11.6. The topological polar surface area (TPSA) is 50.8 Å². The number of ether oxygens (including phenoxy) is 2. The first kappa shape index (κ1) is 22.2. The summed E-state index contributed by atoms with van der Waals surface area (Å²) in [5.41, 5.74) is 2.99. The predicted octanol–water partition coefficient (Wildman–Crippen LogP) is 4.79. The Morgan fingerprint density at radius 3 is 2.43 bits per heavy atom. The van der Waals surface area contributed by atoms with Crippen LogP contribution in [0.2, 0.25) is 0 Å². The van der Waals surface area contributed by atoms with Gasteiger partial charge in [0.15, 0.2) is 11.5 Å². The summed E-state index contributed by atoms with van der Waals surface area (Å²) in [4.78, 5) is 15.1. The molecule has 1 aliphatic rings. The van der Waals surface area contributed by atoms with Gasteiger partial charge in [0.25, 0.3) is 5.91 Å². The Labute approximate surface area is 180 Å². The van der Waals surface area contributed by atoms with Crippen molar-refractivity contribution < 1.29 is 14.3 Å². The normalized spacial score (nSPS) is 14.3. The number of hydrogen-bond acceptors (Lipinski definition) is 4. The van der Waals surface area contributed by atoms with Crippen molar-refractivity contribution in [1.82, 2.24) is 10.2 Å². The van der Waals surface area contributed by atoms with Gasteiger partial charge in [-0.1, -0.05) is 44.0 Å². The van der Waals surface area contributed by atoms with Crippen molar-refractivity contribution in [3.63, 3.8) is 0 Å². The molecule has 30 heavy (non-hydrogen) atoms. The van der Waals surface area contributed by atoms with Crippen LogP contribution in [-0.4, -0.2) is 37.6 Å². The van der Waals surface area contributed by atoms with Crippen molar-refractivity contribution in [2.45, 2.75) is 52.1 Å². The molecule has 0 unspecified atom stereocenters. The Morgan fingerprint density at radius 1 is 1.00 bits per heavy atom. The van der Waals surface area contributed by atoms with E-state index in [0.29, 0.717) is 30.2 Å². The minimum Gasteiger partial charge on any atom is -0.493 e. The average Bonchev–Trinajstić information content (AvgIpc) is 2.79. The third kappa shape index (κ3) is 6.49. The van der Waals surface area contributed by atoms with E-state index in [9.17, 15) is 4.79 Å². The third-order valence-corrected chi connectivity index (χ3v) is 5.51. The Balaban J connectivity index is 1.52. The highest BCUT2D eigenvalue weighted by atomic mass is 16.5. The lowest BCUT2D eigenvalue weighted by atomic mass is 10.1. The number of carbonyl (C=O) groups excluding carboxylic acids is 1. The number of likely N-dealkylation sites (tertiary alicyclic amines) is 1. The van der Waals surface area contributed by atoms with Crippen molar-refractivity contribution in [3.8, 4) is 11.5 Å². The van der Waals surface area contributed by atoms with E-state index < -0.39 is 0 Å². The summed E-state index contributed by atoms with van der Waals surface area (Å²) < 4.78 is 11.1. The molecule has 1 heterocycles. The lowest BCUT2D eigenvalue weighted by Gasteiger charge is -2.26. The Morgan fingerprint density at radius 2 is 1.73 bits per heavy atom. The molecule has 1 amide bonds. The van der Waals surface area contributed by atoms with Gasteiger partial charge in [-0.2, -0.15) is 0 Å². The SMILES string of the molecule is CCCCOc1ccc(C(=O)NCc2ccc(CN3CCCCC3)cc2)cc1OC. The minimum absolute atomic E-state index is 0.120. The van der Waals surface area contributed by atoms with Gasteiger partial charge in [-0.25, -0.2) is 0 Å². The number of piperidine rings is 1. The van der Waals surface area contributed by atoms with Crippen LogP contribution in [0, 0.1) is 0 Å². The number of hydrogen-bond donors (Lipinski definition) is 1. The van der Waals surface area contributed by atoms with E-state index in [1.54, 1.807) is 25.3 Å². The first-order valence-electron chi connectivity index (χ1n) is 11.1. The van der Waals surface area contributed by atoms with Crippen molar-refractivity contribution >= 4 is 5.91 Å². The lowest BCUT2D eigenvalue weighted by molar-refractivity contribution is 0.0950. The number of nitrogens with one attached hydrogen (secondary N) is 1. The summed E-state index contributed by atoms with van der Waals surface area (Å²) >= 11 is 0. The summed E-state index contributed by atoms with van der Waals surface area (Å²) in [6.07, 6.45) is 6.03. The summed E-state index contributed by atoms with van der Waals surface area (Å²) in [7, 11) is 1.59. The molecule has 1 N–H and O–H groups in total. The quantitative estimate of drug-likeness (QED) is 0.572. The molecule has 0 aliphatic carbocycles. The molecular weight excluding hydrogens is 376 g/mol. The van der Waals surface area contributed by atoms with E-state index in [4.69, 9.17) is 9.47 Å². The molecule has 1 fully saturated rings. The second-order valence-corrected chi connectivity index (χ2v) is 7.90. The van der Waals surface area contributed by atoms with Crippen LogP contribution in [0.5, 0.6) is 11.5 Å². The maximum atomic E-state index is 12.6. The van der Waals surface area contributed by atoms with Gasteiger partial charge < -0.3 is 14.8 Å². The smallest absolute Gasteiger partial charge is 0.251 e. The second-order valence-electron chi connectivity index (χ2n) is 7.90. The molecule has 2 aromatic rings. The highest BCUT2D eigenvalue weighted by Crippen LogP contribution is 2.28. The fourth-order valence-corrected chi connectivity index (χ4v) is 3.68. The maximum Gasteiger partial charge on any atom is 0.251 e. The summed E-state index contributed by atoms with van der Waals surface area (Å²) in [6.45, 7) is 6.68. The summed E-state index contributed by atoms with van der Waals surface area (Å²) in [5, 5.41) is 2.99. The molecule has 0 aromatic heterocycles. The molecular formula is C25H34N2O3. The summed E-state index contributed by atoms with van der Waals surface area (Å²) in [5.74, 6) is 1.14. The van der Waals surface area contributed by atoms with Crippen LogP contribution in [0.15, 0.2) is 42.5 Å². The molecule has 0 spiro atoms. The molecule has 162 valence electrons. The van der Waals surface area contributed by atoms with E-state index in [2.05, 4.69) is 41.4 Å². The van der Waals surface area contributed by atoms with Crippen molar-refractivity contribution in [2.24, 2.45) is 0 Å². The molecule has 1 aliphatic heterocycles. The van der Waals surface area contributed by atoms with Crippen LogP contribution in [-0.2, 0) is 13.1 Å². The Kier molecular flexibility index (Phi) is 8.57. The van der Waals surface area contributed by atoms with E-state index in [1.807, 2.05) is 0 Å². The first-order valence-corrected chi connectivity index (χ1v) is 11.1. The number of benzene rings is 2. The maximum absolute atomic E-state index is 12.6. The number of methoxy groups -OCH3 is 1. The van der Waals surface area contributed by atoms with Crippen molar-refractivity contribution in [3.05, 3.63) is 59.2 Å². The fraction of sp³-hybridized carbons (Fsp3) is 0.480. The largest absolute Gasteiger partial charge is 0.493 e. The molecule has 0 saturated carbocycles. The van der Waals surface area contributed by atoms with E-state index in [0.717, 1.165) is 24.9 Å². The highest BCUT2D eigenvalue weighted by molar-refractivity contribution is 5.94. The molecule has 3 rings (SSSR count). The van der Waals surface area contributed by atoms with Gasteiger partial charge in [-0.05, 0) is 61.7 Å². The molecule has 2 aromatic carbocycles. The third-order valence-electron chi connectivity index (χ3n) is 5.51. The zero-order valence-electron chi connectivity index (χ0n) is 18.3. The molecule has 0 radical (unpaired) electrons. The number of rotatable bonds is 10. The van der Waals surface area contributed by atoms with Crippen LogP contribution in [0.3, 0.4) is 0 Å². The zero-order valence-corrected chi connectivity index (χ0v) is 18.3. The minimum atomic E-state index is -0.120. The molecule has 0 atom stereocenters. The van der Waals surface area contributed by atoms with E-state index in [-0.39, 0.29) is 5.91 Å². The zero-order chi connectivity index (χ0) is 21.2. The van der Waals surface area contributed by atoms with Crippen LogP contribution >= 0.6 is 0 Å². The first-order chi connectivity index (χ1) is 14.7. The van der Waals surface area contributed by atoms with Crippen LogP contribution in [0.1, 0.15) is 60.5 Å². The summed E-state index contributed by atoms with van der Waals surface area (Å²) in [6, 6.07) is 13.9. The van der Waals surface area contributed by atoms with Crippen LogP contribution in [0.4, 0.5) is 0 Å². The number of amides is 1. The van der Waals surface area contributed by atoms with Gasteiger partial charge in [0.2, 0.25) is 0 Å². The standard InChI is InChI=1S/C25H34N2O3/c1-3-4-16-30-23-13-12-22(17-24(23)29-2)25(28)26-18-20-8-10-21(11-9-20)19-27-14-6-5-7-15-27/h8-13,17H,3-7,14-16,18-19H2,1-2H3,(H,26,28). The number of carbonyl (C=O) groups is 1. The Hall–Kier alpha value is -2.53. The van der Waals surface area contributed by atoms with Crippen molar-refractivity contribution in [2.75, 3.05) is 26.8 Å². The van der Waals surface area contributed by atoms with E-state index in [1.165, 1.54) is 37.9 Å². The van der Waals surface area contributed by atoms with Gasteiger partial charge in [0.1, 0.15) is 0 Å². The van der Waals surface area contributed by atoms with E-state index >= 15 is 0 Å².